The monoisotopic (exact) mass is 421 g/mol. The molecular formula is C23H20FN3O2S. The molecule has 2 aromatic carbocycles. The molecule has 0 atom stereocenters. The van der Waals surface area contributed by atoms with Crippen molar-refractivity contribution in [3.8, 4) is 10.4 Å². The van der Waals surface area contributed by atoms with Gasteiger partial charge in [-0.1, -0.05) is 48.5 Å². The number of amides is 1. The maximum Gasteiger partial charge on any atom is 0.262 e. The summed E-state index contributed by atoms with van der Waals surface area (Å²) in [7, 11) is 0. The highest BCUT2D eigenvalue weighted by Gasteiger charge is 2.16. The Hall–Kier alpha value is -3.32. The van der Waals surface area contributed by atoms with Gasteiger partial charge in [0.1, 0.15) is 16.5 Å². The molecule has 0 radical (unpaired) electrons. The third-order valence-corrected chi connectivity index (χ3v) is 5.98. The van der Waals surface area contributed by atoms with Crippen molar-refractivity contribution in [2.24, 2.45) is 5.73 Å². The first-order chi connectivity index (χ1) is 14.5. The van der Waals surface area contributed by atoms with Gasteiger partial charge in [0.15, 0.2) is 0 Å². The van der Waals surface area contributed by atoms with Crippen LogP contribution in [0.1, 0.15) is 24.2 Å². The lowest BCUT2D eigenvalue weighted by atomic mass is 10.1. The van der Waals surface area contributed by atoms with Crippen LogP contribution in [0.15, 0.2) is 65.5 Å². The normalized spacial score (nSPS) is 11.1. The number of halogens is 1. The molecule has 2 aromatic heterocycles. The molecule has 0 saturated carbocycles. The Labute approximate surface area is 176 Å². The van der Waals surface area contributed by atoms with Gasteiger partial charge in [-0.15, -0.1) is 11.3 Å². The summed E-state index contributed by atoms with van der Waals surface area (Å²) < 4.78 is 15.8. The van der Waals surface area contributed by atoms with Crippen molar-refractivity contribution in [1.29, 1.82) is 0 Å². The molecule has 4 aromatic rings. The number of benzene rings is 2. The van der Waals surface area contributed by atoms with E-state index in [2.05, 4.69) is 0 Å². The van der Waals surface area contributed by atoms with E-state index in [0.717, 1.165) is 10.4 Å². The first-order valence-electron chi connectivity index (χ1n) is 9.63. The Bertz CT molecular complexity index is 1260. The zero-order valence-electron chi connectivity index (χ0n) is 16.2. The number of nitrogens with two attached hydrogens (primary N) is 1. The largest absolute Gasteiger partial charge is 0.370 e. The number of rotatable bonds is 7. The van der Waals surface area contributed by atoms with Gasteiger partial charge in [-0.3, -0.25) is 14.2 Å². The van der Waals surface area contributed by atoms with Gasteiger partial charge >= 0.3 is 0 Å². The van der Waals surface area contributed by atoms with Crippen LogP contribution in [0.25, 0.3) is 20.7 Å². The zero-order chi connectivity index (χ0) is 21.1. The van der Waals surface area contributed by atoms with Gasteiger partial charge in [-0.2, -0.15) is 0 Å². The maximum absolute atomic E-state index is 14.2. The fourth-order valence-electron chi connectivity index (χ4n) is 3.39. The second-order valence-corrected chi connectivity index (χ2v) is 8.05. The molecule has 152 valence electrons. The lowest BCUT2D eigenvalue weighted by molar-refractivity contribution is -0.118. The van der Waals surface area contributed by atoms with E-state index in [-0.39, 0.29) is 24.2 Å². The second kappa shape index (κ2) is 8.59. The number of carbonyl (C=O) groups excluding carboxylic acids is 1. The van der Waals surface area contributed by atoms with Crippen LogP contribution < -0.4 is 11.3 Å². The topological polar surface area (TPSA) is 78.0 Å². The van der Waals surface area contributed by atoms with E-state index in [1.165, 1.54) is 17.4 Å². The van der Waals surface area contributed by atoms with Crippen LogP contribution in [0, 0.1) is 5.82 Å². The minimum Gasteiger partial charge on any atom is -0.370 e. The lowest BCUT2D eigenvalue weighted by Crippen LogP contribution is -2.26. The predicted molar refractivity (Wildman–Crippen MR) is 117 cm³/mol. The molecule has 2 heterocycles. The molecule has 0 bridgehead atoms. The summed E-state index contributed by atoms with van der Waals surface area (Å²) in [4.78, 5) is 30.7. The van der Waals surface area contributed by atoms with Crippen molar-refractivity contribution in [2.45, 2.75) is 25.8 Å². The van der Waals surface area contributed by atoms with Crippen LogP contribution >= 0.6 is 11.3 Å². The molecule has 0 aliphatic rings. The molecule has 7 heteroatoms. The van der Waals surface area contributed by atoms with Gasteiger partial charge in [0.25, 0.3) is 5.56 Å². The van der Waals surface area contributed by atoms with Crippen LogP contribution in [-0.4, -0.2) is 15.5 Å². The molecule has 0 spiro atoms. The molecule has 0 aliphatic heterocycles. The number of thiophene rings is 1. The van der Waals surface area contributed by atoms with Gasteiger partial charge in [0, 0.05) is 24.3 Å². The molecule has 2 N–H and O–H groups in total. The van der Waals surface area contributed by atoms with E-state index in [1.807, 2.05) is 36.4 Å². The Morgan fingerprint density at radius 2 is 1.83 bits per heavy atom. The van der Waals surface area contributed by atoms with E-state index in [1.54, 1.807) is 22.8 Å². The fourth-order valence-corrected chi connectivity index (χ4v) is 4.44. The predicted octanol–water partition coefficient (Wildman–Crippen LogP) is 4.12. The van der Waals surface area contributed by atoms with E-state index in [9.17, 15) is 14.0 Å². The summed E-state index contributed by atoms with van der Waals surface area (Å²) in [6.07, 6.45) is 0.776. The summed E-state index contributed by atoms with van der Waals surface area (Å²) in [5.41, 5.74) is 6.53. The van der Waals surface area contributed by atoms with Crippen molar-refractivity contribution < 1.29 is 9.18 Å². The number of primary amides is 1. The van der Waals surface area contributed by atoms with Crippen molar-refractivity contribution in [2.75, 3.05) is 0 Å². The second-order valence-electron chi connectivity index (χ2n) is 7.02. The molecule has 0 fully saturated rings. The molecular weight excluding hydrogens is 401 g/mol. The van der Waals surface area contributed by atoms with E-state index >= 15 is 0 Å². The first-order valence-corrected chi connectivity index (χ1v) is 10.4. The van der Waals surface area contributed by atoms with Crippen LogP contribution in [0.5, 0.6) is 0 Å². The van der Waals surface area contributed by atoms with Crippen LogP contribution in [-0.2, 0) is 17.8 Å². The number of aromatic nitrogens is 2. The standard InChI is InChI=1S/C23H20FN3O2S/c24-18-10-5-4-9-16(18)13-21-26-22-17(23(29)27(21)12-6-11-20(25)28)14-19(30-22)15-7-2-1-3-8-15/h1-5,7-10,14H,6,11-13H2,(H2,25,28). The average Bonchev–Trinajstić information content (AvgIpc) is 3.17. The van der Waals surface area contributed by atoms with Crippen molar-refractivity contribution in [3.05, 3.63) is 88.2 Å². The third kappa shape index (κ3) is 4.16. The van der Waals surface area contributed by atoms with Gasteiger partial charge in [-0.25, -0.2) is 9.37 Å². The highest BCUT2D eigenvalue weighted by molar-refractivity contribution is 7.21. The van der Waals surface area contributed by atoms with Gasteiger partial charge < -0.3 is 5.73 Å². The Kier molecular flexibility index (Phi) is 5.72. The molecule has 0 unspecified atom stereocenters. The third-order valence-electron chi connectivity index (χ3n) is 4.90. The summed E-state index contributed by atoms with van der Waals surface area (Å²) in [6.45, 7) is 0.297. The molecule has 4 rings (SSSR count). The number of hydrogen-bond acceptors (Lipinski definition) is 4. The maximum atomic E-state index is 14.2. The summed E-state index contributed by atoms with van der Waals surface area (Å²) >= 11 is 1.44. The summed E-state index contributed by atoms with van der Waals surface area (Å²) in [5, 5.41) is 0.523. The Morgan fingerprint density at radius 1 is 1.10 bits per heavy atom. The number of fused-ring (bicyclic) bond motifs is 1. The van der Waals surface area contributed by atoms with Gasteiger partial charge in [0.2, 0.25) is 5.91 Å². The number of hydrogen-bond donors (Lipinski definition) is 1. The SMILES string of the molecule is NC(=O)CCCn1c(Cc2ccccc2F)nc2sc(-c3ccccc3)cc2c1=O. The molecule has 0 saturated heterocycles. The molecule has 5 nitrogen and oxygen atoms in total. The minimum atomic E-state index is -0.422. The van der Waals surface area contributed by atoms with Crippen molar-refractivity contribution in [1.82, 2.24) is 9.55 Å². The first kappa shape index (κ1) is 20.0. The van der Waals surface area contributed by atoms with E-state index < -0.39 is 5.91 Å². The van der Waals surface area contributed by atoms with E-state index in [0.29, 0.717) is 34.6 Å². The lowest BCUT2D eigenvalue weighted by Gasteiger charge is -2.12. The molecule has 1 amide bonds. The Morgan fingerprint density at radius 3 is 2.57 bits per heavy atom. The van der Waals surface area contributed by atoms with Crippen molar-refractivity contribution >= 4 is 27.5 Å². The average molecular weight is 421 g/mol. The van der Waals surface area contributed by atoms with E-state index in [4.69, 9.17) is 10.7 Å². The van der Waals surface area contributed by atoms with Gasteiger partial charge in [0.05, 0.1) is 5.39 Å². The summed E-state index contributed by atoms with van der Waals surface area (Å²) in [5.74, 6) is -0.287. The number of carbonyl (C=O) groups is 1. The molecule has 30 heavy (non-hydrogen) atoms. The minimum absolute atomic E-state index is 0.169. The highest BCUT2D eigenvalue weighted by atomic mass is 32.1. The fraction of sp³-hybridized carbons (Fsp3) is 0.174. The van der Waals surface area contributed by atoms with Gasteiger partial charge in [-0.05, 0) is 29.7 Å². The van der Waals surface area contributed by atoms with Crippen LogP contribution in [0.3, 0.4) is 0 Å². The van der Waals surface area contributed by atoms with Crippen LogP contribution in [0.2, 0.25) is 0 Å². The zero-order valence-corrected chi connectivity index (χ0v) is 17.0. The smallest absolute Gasteiger partial charge is 0.262 e. The van der Waals surface area contributed by atoms with Crippen LogP contribution in [0.4, 0.5) is 4.39 Å². The molecule has 0 aliphatic carbocycles. The Balaban J connectivity index is 1.81. The quantitative estimate of drug-likeness (QED) is 0.488. The highest BCUT2D eigenvalue weighted by Crippen LogP contribution is 2.31. The summed E-state index contributed by atoms with van der Waals surface area (Å²) in [6, 6.07) is 18.1. The number of nitrogens with zero attached hydrogens (tertiary/aromatic N) is 2. The van der Waals surface area contributed by atoms with Crippen molar-refractivity contribution in [3.63, 3.8) is 0 Å².